The lowest BCUT2D eigenvalue weighted by Crippen LogP contribution is -2.18. The van der Waals surface area contributed by atoms with Gasteiger partial charge in [0, 0.05) is 5.69 Å². The number of rotatable bonds is 5. The second-order valence-electron chi connectivity index (χ2n) is 3.43. The van der Waals surface area contributed by atoms with Crippen LogP contribution in [0.5, 0.6) is 0 Å². The summed E-state index contributed by atoms with van der Waals surface area (Å²) in [6.45, 7) is 0.411. The molecule has 0 spiro atoms. The first-order chi connectivity index (χ1) is 8.62. The minimum atomic E-state index is -3.39. The van der Waals surface area contributed by atoms with E-state index >= 15 is 0 Å². The van der Waals surface area contributed by atoms with Crippen molar-refractivity contribution in [2.45, 2.75) is 11.4 Å². The van der Waals surface area contributed by atoms with Gasteiger partial charge in [-0.25, -0.2) is 13.1 Å². The van der Waals surface area contributed by atoms with E-state index in [-0.39, 0.29) is 4.90 Å². The molecule has 2 aromatic rings. The minimum Gasteiger partial charge on any atom is -0.378 e. The monoisotopic (exact) mass is 268 g/mol. The fourth-order valence-electron chi connectivity index (χ4n) is 1.32. The molecule has 8 heteroatoms. The van der Waals surface area contributed by atoms with E-state index < -0.39 is 10.0 Å². The molecule has 0 atom stereocenters. The van der Waals surface area contributed by atoms with Gasteiger partial charge in [0.2, 0.25) is 16.4 Å². The molecule has 1 aromatic carbocycles. The predicted octanol–water partition coefficient (Wildman–Crippen LogP) is 0.590. The van der Waals surface area contributed by atoms with Crippen molar-refractivity contribution in [1.82, 2.24) is 14.9 Å². The topological polar surface area (TPSA) is 97.1 Å². The van der Waals surface area contributed by atoms with Gasteiger partial charge in [-0.1, -0.05) is 5.16 Å². The molecule has 0 aliphatic carbocycles. The Kier molecular flexibility index (Phi) is 3.58. The largest absolute Gasteiger partial charge is 0.378 e. The Morgan fingerprint density at radius 2 is 2.00 bits per heavy atom. The average molecular weight is 268 g/mol. The van der Waals surface area contributed by atoms with Crippen molar-refractivity contribution in [3.63, 3.8) is 0 Å². The molecule has 0 unspecified atom stereocenters. The van der Waals surface area contributed by atoms with Crippen LogP contribution in [0.15, 0.2) is 40.1 Å². The van der Waals surface area contributed by atoms with Gasteiger partial charge in [0.1, 0.15) is 0 Å². The summed E-state index contributed by atoms with van der Waals surface area (Å²) < 4.78 is 29.8. The Balaban J connectivity index is 2.04. The number of hydrogen-bond donors (Lipinski definition) is 2. The molecule has 0 aliphatic heterocycles. The van der Waals surface area contributed by atoms with Gasteiger partial charge in [-0.2, -0.15) is 4.98 Å². The minimum absolute atomic E-state index is 0.218. The smallest absolute Gasteiger partial charge is 0.240 e. The highest BCUT2D eigenvalue weighted by atomic mass is 32.2. The quantitative estimate of drug-likeness (QED) is 0.823. The van der Waals surface area contributed by atoms with Crippen molar-refractivity contribution in [3.05, 3.63) is 36.5 Å². The van der Waals surface area contributed by atoms with Crippen LogP contribution in [0, 0.1) is 0 Å². The summed E-state index contributed by atoms with van der Waals surface area (Å²) in [6, 6.07) is 6.38. The average Bonchev–Trinajstić information content (AvgIpc) is 2.90. The number of anilines is 1. The Hall–Kier alpha value is -1.93. The van der Waals surface area contributed by atoms with Gasteiger partial charge in [-0.15, -0.1) is 0 Å². The molecule has 0 bridgehead atoms. The van der Waals surface area contributed by atoms with E-state index in [0.29, 0.717) is 12.4 Å². The van der Waals surface area contributed by atoms with E-state index in [2.05, 4.69) is 24.7 Å². The zero-order valence-electron chi connectivity index (χ0n) is 9.62. The molecule has 1 heterocycles. The normalized spacial score (nSPS) is 11.4. The summed E-state index contributed by atoms with van der Waals surface area (Å²) in [5.74, 6) is 0.530. The highest BCUT2D eigenvalue weighted by molar-refractivity contribution is 7.89. The van der Waals surface area contributed by atoms with E-state index in [1.807, 2.05) is 0 Å². The number of sulfonamides is 1. The highest BCUT2D eigenvalue weighted by Gasteiger charge is 2.10. The molecule has 1 aromatic heterocycles. The molecule has 0 saturated heterocycles. The predicted molar refractivity (Wildman–Crippen MR) is 64.3 cm³/mol. The van der Waals surface area contributed by atoms with Crippen LogP contribution in [0.3, 0.4) is 0 Å². The van der Waals surface area contributed by atoms with Crippen molar-refractivity contribution in [2.24, 2.45) is 0 Å². The lowest BCUT2D eigenvalue weighted by atomic mass is 10.3. The number of benzene rings is 1. The summed E-state index contributed by atoms with van der Waals surface area (Å²) in [6.07, 6.45) is 1.25. The zero-order chi connectivity index (χ0) is 13.0. The van der Waals surface area contributed by atoms with E-state index in [1.54, 1.807) is 12.1 Å². The van der Waals surface area contributed by atoms with Crippen LogP contribution in [0.4, 0.5) is 5.69 Å². The van der Waals surface area contributed by atoms with Crippen LogP contribution in [-0.2, 0) is 16.6 Å². The van der Waals surface area contributed by atoms with Crippen LogP contribution < -0.4 is 10.0 Å². The van der Waals surface area contributed by atoms with Gasteiger partial charge in [0.25, 0.3) is 0 Å². The Morgan fingerprint density at radius 1 is 1.28 bits per heavy atom. The lowest BCUT2D eigenvalue weighted by Gasteiger charge is -2.05. The molecule has 2 N–H and O–H groups in total. The van der Waals surface area contributed by atoms with Crippen LogP contribution in [0.25, 0.3) is 0 Å². The van der Waals surface area contributed by atoms with Crippen molar-refractivity contribution < 1.29 is 12.9 Å². The van der Waals surface area contributed by atoms with E-state index in [4.69, 9.17) is 0 Å². The number of aromatic nitrogens is 2. The van der Waals surface area contributed by atoms with Gasteiger partial charge < -0.3 is 9.84 Å². The Morgan fingerprint density at radius 3 is 2.56 bits per heavy atom. The first kappa shape index (κ1) is 12.5. The fourth-order valence-corrected chi connectivity index (χ4v) is 2.05. The number of nitrogens with one attached hydrogen (secondary N) is 2. The number of hydrogen-bond acceptors (Lipinski definition) is 6. The van der Waals surface area contributed by atoms with E-state index in [1.165, 1.54) is 25.6 Å². The van der Waals surface area contributed by atoms with Crippen molar-refractivity contribution in [3.8, 4) is 0 Å². The second kappa shape index (κ2) is 5.15. The molecule has 0 saturated carbocycles. The van der Waals surface area contributed by atoms with Crippen molar-refractivity contribution >= 4 is 15.7 Å². The van der Waals surface area contributed by atoms with Gasteiger partial charge >= 0.3 is 0 Å². The van der Waals surface area contributed by atoms with Gasteiger partial charge in [0.05, 0.1) is 11.4 Å². The van der Waals surface area contributed by atoms with Crippen LogP contribution in [-0.4, -0.2) is 25.6 Å². The summed E-state index contributed by atoms with van der Waals surface area (Å²) in [5, 5.41) is 6.69. The highest BCUT2D eigenvalue weighted by Crippen LogP contribution is 2.14. The van der Waals surface area contributed by atoms with Gasteiger partial charge in [0.15, 0.2) is 5.82 Å². The molecule has 18 heavy (non-hydrogen) atoms. The SMILES string of the molecule is CNS(=O)(=O)c1ccc(NCc2ncon2)cc1. The van der Waals surface area contributed by atoms with Gasteiger partial charge in [-0.05, 0) is 31.3 Å². The second-order valence-corrected chi connectivity index (χ2v) is 5.32. The summed E-state index contributed by atoms with van der Waals surface area (Å²) >= 11 is 0. The molecule has 2 rings (SSSR count). The van der Waals surface area contributed by atoms with Crippen LogP contribution >= 0.6 is 0 Å². The molecule has 96 valence electrons. The maximum Gasteiger partial charge on any atom is 0.240 e. The third-order valence-electron chi connectivity index (χ3n) is 2.29. The standard InChI is InChI=1S/C10H12N4O3S/c1-11-18(15,16)9-4-2-8(3-5-9)12-6-10-13-7-17-14-10/h2-5,7,11-12H,6H2,1H3. The van der Waals surface area contributed by atoms with E-state index in [9.17, 15) is 8.42 Å². The number of nitrogens with zero attached hydrogens (tertiary/aromatic N) is 2. The third-order valence-corrected chi connectivity index (χ3v) is 3.72. The third kappa shape index (κ3) is 2.84. The molecule has 7 nitrogen and oxygen atoms in total. The first-order valence-corrected chi connectivity index (χ1v) is 6.63. The lowest BCUT2D eigenvalue weighted by molar-refractivity contribution is 0.411. The van der Waals surface area contributed by atoms with E-state index in [0.717, 1.165) is 5.69 Å². The molecular formula is C10H12N4O3S. The summed E-state index contributed by atoms with van der Waals surface area (Å²) in [7, 11) is -2.02. The molecule has 0 aliphatic rings. The first-order valence-electron chi connectivity index (χ1n) is 5.14. The maximum atomic E-state index is 11.5. The molecule has 0 radical (unpaired) electrons. The van der Waals surface area contributed by atoms with Crippen LogP contribution in [0.2, 0.25) is 0 Å². The Bertz CT molecular complexity index is 593. The van der Waals surface area contributed by atoms with Gasteiger partial charge in [-0.3, -0.25) is 0 Å². The van der Waals surface area contributed by atoms with Crippen molar-refractivity contribution in [2.75, 3.05) is 12.4 Å². The molecule has 0 fully saturated rings. The zero-order valence-corrected chi connectivity index (χ0v) is 10.4. The van der Waals surface area contributed by atoms with Crippen LogP contribution in [0.1, 0.15) is 5.82 Å². The molecular weight excluding hydrogens is 256 g/mol. The maximum absolute atomic E-state index is 11.5. The summed E-state index contributed by atoms with van der Waals surface area (Å²) in [4.78, 5) is 4.07. The van der Waals surface area contributed by atoms with Crippen molar-refractivity contribution in [1.29, 1.82) is 0 Å². The Labute approximate surface area is 104 Å². The molecule has 0 amide bonds. The summed E-state index contributed by atoms with van der Waals surface area (Å²) in [5.41, 5.74) is 0.773. The fraction of sp³-hybridized carbons (Fsp3) is 0.200.